The molecule has 1 aromatic rings. The molecule has 2 saturated carbocycles. The fourth-order valence-corrected chi connectivity index (χ4v) is 3.77. The second-order valence-corrected chi connectivity index (χ2v) is 5.72. The van der Waals surface area contributed by atoms with E-state index in [4.69, 9.17) is 5.73 Å². The molecular formula is C13H21N3. The Morgan fingerprint density at radius 2 is 2.19 bits per heavy atom. The maximum atomic E-state index is 5.95. The van der Waals surface area contributed by atoms with Crippen LogP contribution >= 0.6 is 0 Å². The molecule has 88 valence electrons. The van der Waals surface area contributed by atoms with Gasteiger partial charge in [0.25, 0.3) is 0 Å². The van der Waals surface area contributed by atoms with Gasteiger partial charge in [0.1, 0.15) is 5.82 Å². The van der Waals surface area contributed by atoms with Crippen LogP contribution in [0.3, 0.4) is 0 Å². The molecule has 3 atom stereocenters. The van der Waals surface area contributed by atoms with Crippen LogP contribution in [0, 0.1) is 24.7 Å². The van der Waals surface area contributed by atoms with Crippen LogP contribution < -0.4 is 5.73 Å². The highest BCUT2D eigenvalue weighted by molar-refractivity contribution is 5.42. The van der Waals surface area contributed by atoms with Crippen molar-refractivity contribution < 1.29 is 0 Å². The molecule has 2 N–H and O–H groups in total. The maximum Gasteiger partial charge on any atom is 0.124 e. The third kappa shape index (κ3) is 1.45. The summed E-state index contributed by atoms with van der Waals surface area (Å²) in [6, 6.07) is 0. The summed E-state index contributed by atoms with van der Waals surface area (Å²) in [5.74, 6) is 3.72. The van der Waals surface area contributed by atoms with Gasteiger partial charge in [0.15, 0.2) is 0 Å². The van der Waals surface area contributed by atoms with E-state index in [0.717, 1.165) is 30.0 Å². The van der Waals surface area contributed by atoms with Gasteiger partial charge in [0.05, 0.1) is 5.69 Å². The van der Waals surface area contributed by atoms with Crippen LogP contribution in [0.2, 0.25) is 0 Å². The molecule has 0 saturated heterocycles. The molecule has 3 unspecified atom stereocenters. The van der Waals surface area contributed by atoms with Crippen molar-refractivity contribution in [2.75, 3.05) is 5.73 Å². The lowest BCUT2D eigenvalue weighted by Gasteiger charge is -2.20. The summed E-state index contributed by atoms with van der Waals surface area (Å²) in [6.07, 6.45) is 6.99. The average Bonchev–Trinajstić information content (AvgIpc) is 2.92. The van der Waals surface area contributed by atoms with Crippen molar-refractivity contribution >= 4 is 5.82 Å². The molecule has 1 aromatic heterocycles. The monoisotopic (exact) mass is 219 g/mol. The number of nitrogen functional groups attached to an aromatic ring is 1. The second kappa shape index (κ2) is 3.51. The van der Waals surface area contributed by atoms with Crippen LogP contribution in [-0.2, 0) is 13.5 Å². The predicted molar refractivity (Wildman–Crippen MR) is 65.0 cm³/mol. The molecule has 2 aliphatic carbocycles. The lowest BCUT2D eigenvalue weighted by atomic mass is 9.85. The van der Waals surface area contributed by atoms with Gasteiger partial charge in [-0.25, -0.2) is 0 Å². The molecule has 16 heavy (non-hydrogen) atoms. The Hall–Kier alpha value is -0.990. The first kappa shape index (κ1) is 10.2. The predicted octanol–water partition coefficient (Wildman–Crippen LogP) is 2.29. The van der Waals surface area contributed by atoms with Gasteiger partial charge in [-0.1, -0.05) is 6.42 Å². The number of hydrogen-bond acceptors (Lipinski definition) is 2. The summed E-state index contributed by atoms with van der Waals surface area (Å²) in [7, 11) is 1.94. The largest absolute Gasteiger partial charge is 0.384 e. The minimum absolute atomic E-state index is 0.832. The molecule has 0 amide bonds. The third-order valence-electron chi connectivity index (χ3n) is 4.78. The summed E-state index contributed by atoms with van der Waals surface area (Å²) in [5.41, 5.74) is 8.39. The van der Waals surface area contributed by atoms with Crippen molar-refractivity contribution in [1.82, 2.24) is 9.78 Å². The van der Waals surface area contributed by atoms with Crippen molar-refractivity contribution in [3.8, 4) is 0 Å². The molecule has 2 bridgehead atoms. The van der Waals surface area contributed by atoms with Gasteiger partial charge < -0.3 is 5.73 Å². The van der Waals surface area contributed by atoms with Crippen molar-refractivity contribution in [2.24, 2.45) is 24.8 Å². The van der Waals surface area contributed by atoms with Gasteiger partial charge in [-0.05, 0) is 50.4 Å². The van der Waals surface area contributed by atoms with Crippen LogP contribution in [0.1, 0.15) is 36.9 Å². The van der Waals surface area contributed by atoms with E-state index < -0.39 is 0 Å². The number of rotatable bonds is 2. The molecule has 3 rings (SSSR count). The quantitative estimate of drug-likeness (QED) is 0.829. The standard InChI is InChI=1S/C13H21N3/c1-8-12(15-16(2)13(8)14)7-11-6-9-3-4-10(11)5-9/h9-11H,3-7,14H2,1-2H3. The smallest absolute Gasteiger partial charge is 0.124 e. The molecule has 0 aliphatic heterocycles. The van der Waals surface area contributed by atoms with Gasteiger partial charge in [-0.15, -0.1) is 0 Å². The van der Waals surface area contributed by atoms with Crippen molar-refractivity contribution in [2.45, 2.75) is 39.0 Å². The summed E-state index contributed by atoms with van der Waals surface area (Å²) >= 11 is 0. The van der Waals surface area contributed by atoms with E-state index in [-0.39, 0.29) is 0 Å². The molecule has 0 radical (unpaired) electrons. The second-order valence-electron chi connectivity index (χ2n) is 5.72. The Balaban J connectivity index is 1.77. The minimum Gasteiger partial charge on any atom is -0.384 e. The van der Waals surface area contributed by atoms with Gasteiger partial charge in [0, 0.05) is 12.6 Å². The van der Waals surface area contributed by atoms with Crippen LogP contribution in [0.15, 0.2) is 0 Å². The number of aryl methyl sites for hydroxylation is 1. The maximum absolute atomic E-state index is 5.95. The Bertz CT molecular complexity index is 408. The molecule has 2 aliphatic rings. The number of anilines is 1. The van der Waals surface area contributed by atoms with E-state index in [1.807, 2.05) is 11.7 Å². The fourth-order valence-electron chi connectivity index (χ4n) is 3.77. The number of nitrogens with two attached hydrogens (primary N) is 1. The highest BCUT2D eigenvalue weighted by atomic mass is 15.3. The van der Waals surface area contributed by atoms with Crippen LogP contribution in [0.5, 0.6) is 0 Å². The van der Waals surface area contributed by atoms with Crippen LogP contribution in [-0.4, -0.2) is 9.78 Å². The zero-order chi connectivity index (χ0) is 11.3. The van der Waals surface area contributed by atoms with Crippen molar-refractivity contribution in [3.05, 3.63) is 11.3 Å². The molecule has 2 fully saturated rings. The number of aromatic nitrogens is 2. The molecule has 0 spiro atoms. The first-order valence-electron chi connectivity index (χ1n) is 6.43. The van der Waals surface area contributed by atoms with E-state index in [1.165, 1.54) is 36.9 Å². The zero-order valence-electron chi connectivity index (χ0n) is 10.2. The summed E-state index contributed by atoms with van der Waals surface area (Å²) in [6.45, 7) is 2.10. The molecule has 3 heteroatoms. The van der Waals surface area contributed by atoms with Gasteiger partial charge in [-0.3, -0.25) is 4.68 Å². The normalized spacial score (nSPS) is 32.5. The van der Waals surface area contributed by atoms with Crippen LogP contribution in [0.4, 0.5) is 5.82 Å². The van der Waals surface area contributed by atoms with Gasteiger partial charge in [0.2, 0.25) is 0 Å². The number of hydrogen-bond donors (Lipinski definition) is 1. The Morgan fingerprint density at radius 1 is 1.38 bits per heavy atom. The molecule has 1 heterocycles. The lowest BCUT2D eigenvalue weighted by molar-refractivity contribution is 0.328. The third-order valence-corrected chi connectivity index (χ3v) is 4.78. The van der Waals surface area contributed by atoms with Crippen molar-refractivity contribution in [1.29, 1.82) is 0 Å². The lowest BCUT2D eigenvalue weighted by Crippen LogP contribution is -2.14. The summed E-state index contributed by atoms with van der Waals surface area (Å²) in [5, 5.41) is 4.55. The zero-order valence-corrected chi connectivity index (χ0v) is 10.2. The topological polar surface area (TPSA) is 43.8 Å². The van der Waals surface area contributed by atoms with E-state index in [0.29, 0.717) is 0 Å². The first-order chi connectivity index (χ1) is 7.65. The van der Waals surface area contributed by atoms with Gasteiger partial charge in [-0.2, -0.15) is 5.10 Å². The first-order valence-corrected chi connectivity index (χ1v) is 6.43. The van der Waals surface area contributed by atoms with E-state index in [2.05, 4.69) is 12.0 Å². The Labute approximate surface area is 97.0 Å². The molecule has 3 nitrogen and oxygen atoms in total. The highest BCUT2D eigenvalue weighted by Crippen LogP contribution is 2.49. The molecule has 0 aromatic carbocycles. The van der Waals surface area contributed by atoms with Crippen molar-refractivity contribution in [3.63, 3.8) is 0 Å². The SMILES string of the molecule is Cc1c(CC2CC3CCC2C3)nn(C)c1N. The Morgan fingerprint density at radius 3 is 2.69 bits per heavy atom. The fraction of sp³-hybridized carbons (Fsp3) is 0.769. The average molecular weight is 219 g/mol. The minimum atomic E-state index is 0.832. The molecular weight excluding hydrogens is 198 g/mol. The summed E-state index contributed by atoms with van der Waals surface area (Å²) in [4.78, 5) is 0. The van der Waals surface area contributed by atoms with E-state index >= 15 is 0 Å². The van der Waals surface area contributed by atoms with E-state index in [9.17, 15) is 0 Å². The highest BCUT2D eigenvalue weighted by Gasteiger charge is 2.39. The van der Waals surface area contributed by atoms with Crippen LogP contribution in [0.25, 0.3) is 0 Å². The van der Waals surface area contributed by atoms with Gasteiger partial charge >= 0.3 is 0 Å². The summed E-state index contributed by atoms with van der Waals surface area (Å²) < 4.78 is 1.82. The Kier molecular flexibility index (Phi) is 2.23. The number of fused-ring (bicyclic) bond motifs is 2. The number of nitrogens with zero attached hydrogens (tertiary/aromatic N) is 2. The van der Waals surface area contributed by atoms with E-state index in [1.54, 1.807) is 0 Å².